The maximum atomic E-state index is 5.22. The Morgan fingerprint density at radius 2 is 1.07 bits per heavy atom. The molecule has 0 spiro atoms. The van der Waals surface area contributed by atoms with Crippen LogP contribution in [0, 0.1) is 0 Å². The van der Waals surface area contributed by atoms with Gasteiger partial charge in [-0.25, -0.2) is 0 Å². The summed E-state index contributed by atoms with van der Waals surface area (Å²) in [6.07, 6.45) is 4.50. The SMILES string of the molecule is C1CC1.CCO[SiH](OCC)OCC.CN. The molecule has 0 bridgehead atoms. The first kappa shape index (κ1) is 17.5. The second kappa shape index (κ2) is 16.5. The predicted octanol–water partition coefficient (Wildman–Crippen LogP) is 1.56. The van der Waals surface area contributed by atoms with Crippen LogP contribution in [0.15, 0.2) is 0 Å². The largest absolute Gasteiger partial charge is 0.484 e. The van der Waals surface area contributed by atoms with Gasteiger partial charge in [0.2, 0.25) is 0 Å². The Balaban J connectivity index is 0. The van der Waals surface area contributed by atoms with E-state index in [1.165, 1.54) is 26.3 Å². The smallest absolute Gasteiger partial charge is 0.376 e. The molecular weight excluding hydrogens is 210 g/mol. The lowest BCUT2D eigenvalue weighted by Crippen LogP contribution is -2.27. The fourth-order valence-corrected chi connectivity index (χ4v) is 1.66. The Morgan fingerprint density at radius 1 is 0.800 bits per heavy atom. The Morgan fingerprint density at radius 3 is 1.20 bits per heavy atom. The van der Waals surface area contributed by atoms with E-state index < -0.39 is 9.53 Å². The van der Waals surface area contributed by atoms with Gasteiger partial charge in [0.25, 0.3) is 0 Å². The van der Waals surface area contributed by atoms with Crippen molar-refractivity contribution in [2.24, 2.45) is 5.73 Å². The Labute approximate surface area is 96.1 Å². The summed E-state index contributed by atoms with van der Waals surface area (Å²) in [5.74, 6) is 0. The van der Waals surface area contributed by atoms with Gasteiger partial charge < -0.3 is 19.0 Å². The zero-order valence-electron chi connectivity index (χ0n) is 10.6. The highest BCUT2D eigenvalue weighted by atomic mass is 28.3. The molecule has 0 aliphatic heterocycles. The van der Waals surface area contributed by atoms with Crippen molar-refractivity contribution in [3.8, 4) is 0 Å². The van der Waals surface area contributed by atoms with E-state index in [2.05, 4.69) is 5.73 Å². The van der Waals surface area contributed by atoms with Crippen LogP contribution < -0.4 is 5.73 Å². The van der Waals surface area contributed by atoms with Crippen molar-refractivity contribution in [3.63, 3.8) is 0 Å². The van der Waals surface area contributed by atoms with Gasteiger partial charge in [-0.2, -0.15) is 0 Å². The lowest BCUT2D eigenvalue weighted by molar-refractivity contribution is 0.107. The van der Waals surface area contributed by atoms with Crippen molar-refractivity contribution in [1.82, 2.24) is 0 Å². The highest BCUT2D eigenvalue weighted by Crippen LogP contribution is 2.14. The minimum Gasteiger partial charge on any atom is -0.376 e. The van der Waals surface area contributed by atoms with Crippen LogP contribution in [0.4, 0.5) is 0 Å². The Hall–Kier alpha value is 0.0569. The van der Waals surface area contributed by atoms with Crippen LogP contribution in [0.25, 0.3) is 0 Å². The molecule has 0 amide bonds. The van der Waals surface area contributed by atoms with Gasteiger partial charge in [0, 0.05) is 19.8 Å². The molecule has 1 aliphatic carbocycles. The fraction of sp³-hybridized carbons (Fsp3) is 1.00. The van der Waals surface area contributed by atoms with Crippen LogP contribution in [-0.2, 0) is 13.3 Å². The first-order valence-corrected chi connectivity index (χ1v) is 7.19. The molecule has 15 heavy (non-hydrogen) atoms. The lowest BCUT2D eigenvalue weighted by Gasteiger charge is -2.12. The van der Waals surface area contributed by atoms with E-state index >= 15 is 0 Å². The molecule has 0 atom stereocenters. The van der Waals surface area contributed by atoms with Crippen molar-refractivity contribution >= 4 is 9.53 Å². The summed E-state index contributed by atoms with van der Waals surface area (Å²) in [6.45, 7) is 7.86. The van der Waals surface area contributed by atoms with Gasteiger partial charge in [0.1, 0.15) is 0 Å². The summed E-state index contributed by atoms with van der Waals surface area (Å²) in [4.78, 5) is 0. The summed E-state index contributed by atoms with van der Waals surface area (Å²) in [7, 11) is -0.234. The first-order chi connectivity index (χ1) is 7.35. The van der Waals surface area contributed by atoms with Crippen LogP contribution in [-0.4, -0.2) is 36.4 Å². The maximum absolute atomic E-state index is 5.22. The number of hydrogen-bond donors (Lipinski definition) is 1. The van der Waals surface area contributed by atoms with Gasteiger partial charge in [-0.3, -0.25) is 0 Å². The van der Waals surface area contributed by atoms with E-state index in [1.807, 2.05) is 20.8 Å². The summed E-state index contributed by atoms with van der Waals surface area (Å²) >= 11 is 0. The van der Waals surface area contributed by atoms with Gasteiger partial charge in [0.15, 0.2) is 0 Å². The zero-order chi connectivity index (χ0) is 11.9. The minimum absolute atomic E-state index is 0.677. The molecule has 1 saturated carbocycles. The highest BCUT2D eigenvalue weighted by molar-refractivity contribution is 6.36. The number of hydrogen-bond acceptors (Lipinski definition) is 4. The van der Waals surface area contributed by atoms with Gasteiger partial charge in [-0.1, -0.05) is 19.3 Å². The third-order valence-corrected chi connectivity index (χ3v) is 3.08. The molecule has 2 N–H and O–H groups in total. The van der Waals surface area contributed by atoms with E-state index in [4.69, 9.17) is 13.3 Å². The van der Waals surface area contributed by atoms with Crippen LogP contribution >= 0.6 is 0 Å². The number of rotatable bonds is 6. The van der Waals surface area contributed by atoms with Crippen molar-refractivity contribution in [3.05, 3.63) is 0 Å². The molecule has 5 heteroatoms. The Bertz CT molecular complexity index is 87.6. The molecule has 0 aromatic heterocycles. The molecule has 0 aromatic rings. The molecule has 4 nitrogen and oxygen atoms in total. The minimum atomic E-state index is -1.73. The molecule has 0 heterocycles. The van der Waals surface area contributed by atoms with E-state index in [0.29, 0.717) is 19.8 Å². The predicted molar refractivity (Wildman–Crippen MR) is 66.0 cm³/mol. The molecule has 0 aromatic carbocycles. The monoisotopic (exact) mass is 237 g/mol. The molecule has 1 rings (SSSR count). The second-order valence-electron chi connectivity index (χ2n) is 2.72. The van der Waals surface area contributed by atoms with Crippen LogP contribution in [0.2, 0.25) is 0 Å². The van der Waals surface area contributed by atoms with Crippen LogP contribution in [0.1, 0.15) is 40.0 Å². The number of nitrogens with two attached hydrogens (primary N) is 1. The van der Waals surface area contributed by atoms with Crippen molar-refractivity contribution in [1.29, 1.82) is 0 Å². The van der Waals surface area contributed by atoms with Crippen LogP contribution in [0.5, 0.6) is 0 Å². The average Bonchev–Trinajstić information content (AvgIpc) is 3.09. The lowest BCUT2D eigenvalue weighted by atomic mass is 10.9. The summed E-state index contributed by atoms with van der Waals surface area (Å²) in [5.41, 5.74) is 4.50. The van der Waals surface area contributed by atoms with Gasteiger partial charge in [0.05, 0.1) is 0 Å². The molecule has 0 unspecified atom stereocenters. The highest BCUT2D eigenvalue weighted by Gasteiger charge is 2.11. The summed E-state index contributed by atoms with van der Waals surface area (Å²) in [6, 6.07) is 0. The fourth-order valence-electron chi connectivity index (χ4n) is 0.553. The van der Waals surface area contributed by atoms with Gasteiger partial charge in [-0.15, -0.1) is 0 Å². The van der Waals surface area contributed by atoms with Crippen LogP contribution in [0.3, 0.4) is 0 Å². The Kier molecular flexibility index (Phi) is 19.2. The second-order valence-corrected chi connectivity index (χ2v) is 4.29. The normalized spacial score (nSPS) is 12.4. The van der Waals surface area contributed by atoms with E-state index in [0.717, 1.165) is 0 Å². The molecule has 0 saturated heterocycles. The summed E-state index contributed by atoms with van der Waals surface area (Å²) in [5, 5.41) is 0. The standard InChI is InChI=1S/C6H16O3Si.C3H6.CH5N/c1-4-7-10(8-5-2)9-6-3;1-2-3-1;1-2/h10H,4-6H2,1-3H3;1-3H2;2H2,1H3. The van der Waals surface area contributed by atoms with Gasteiger partial charge in [-0.05, 0) is 27.8 Å². The van der Waals surface area contributed by atoms with E-state index in [9.17, 15) is 0 Å². The molecule has 1 aliphatic rings. The topological polar surface area (TPSA) is 53.7 Å². The third kappa shape index (κ3) is 20.2. The van der Waals surface area contributed by atoms with E-state index in [1.54, 1.807) is 0 Å². The third-order valence-electron chi connectivity index (χ3n) is 1.26. The van der Waals surface area contributed by atoms with Crippen molar-refractivity contribution in [2.45, 2.75) is 40.0 Å². The van der Waals surface area contributed by atoms with E-state index in [-0.39, 0.29) is 0 Å². The quantitative estimate of drug-likeness (QED) is 0.712. The molecule has 0 radical (unpaired) electrons. The molecule has 1 fully saturated rings. The molecular formula is C10H27NO3Si. The zero-order valence-corrected chi connectivity index (χ0v) is 11.8. The van der Waals surface area contributed by atoms with Crippen molar-refractivity contribution < 1.29 is 13.3 Å². The summed E-state index contributed by atoms with van der Waals surface area (Å²) < 4.78 is 15.7. The molecule has 94 valence electrons. The first-order valence-electron chi connectivity index (χ1n) is 5.77. The maximum Gasteiger partial charge on any atom is 0.484 e. The average molecular weight is 237 g/mol. The van der Waals surface area contributed by atoms with Crippen molar-refractivity contribution in [2.75, 3.05) is 26.9 Å². The van der Waals surface area contributed by atoms with Gasteiger partial charge >= 0.3 is 9.53 Å².